The minimum atomic E-state index is -1.54. The molecule has 0 aliphatic carbocycles. The van der Waals surface area contributed by atoms with E-state index in [1.165, 1.54) is 12.1 Å². The summed E-state index contributed by atoms with van der Waals surface area (Å²) in [5, 5.41) is 9.78. The summed E-state index contributed by atoms with van der Waals surface area (Å²) in [4.78, 5) is 7.42. The van der Waals surface area contributed by atoms with E-state index in [4.69, 9.17) is 36.3 Å². The standard InChI is InChI=1S/C18H8Cl2N2O2S/c1-21-18(22-2)16-11-5-3-4-6-14(11)25(24)15(16)9-10-7-12(19)17(23)13(20)8-10/h3-9,23H. The lowest BCUT2D eigenvalue weighted by molar-refractivity contribution is 0.476. The zero-order chi connectivity index (χ0) is 18.1. The largest absolute Gasteiger partial charge is 0.528 e. The first kappa shape index (κ1) is 17.3. The van der Waals surface area contributed by atoms with E-state index in [0.717, 1.165) is 0 Å². The molecule has 1 heterocycles. The van der Waals surface area contributed by atoms with E-state index >= 15 is 0 Å². The molecule has 0 fully saturated rings. The first-order valence-electron chi connectivity index (χ1n) is 6.88. The molecule has 2 aromatic carbocycles. The molecule has 1 aliphatic rings. The van der Waals surface area contributed by atoms with Crippen molar-refractivity contribution in [2.45, 2.75) is 4.90 Å². The molecule has 7 heteroatoms. The summed E-state index contributed by atoms with van der Waals surface area (Å²) < 4.78 is 12.9. The molecule has 0 saturated heterocycles. The second-order valence-electron chi connectivity index (χ2n) is 5.03. The van der Waals surface area contributed by atoms with Crippen LogP contribution in [0, 0.1) is 13.1 Å². The highest BCUT2D eigenvalue weighted by atomic mass is 35.5. The summed E-state index contributed by atoms with van der Waals surface area (Å²) >= 11 is 11.9. The molecule has 0 spiro atoms. The van der Waals surface area contributed by atoms with Crippen molar-refractivity contribution in [1.82, 2.24) is 0 Å². The molecule has 1 aliphatic heterocycles. The third-order valence-electron chi connectivity index (χ3n) is 3.57. The molecule has 4 nitrogen and oxygen atoms in total. The summed E-state index contributed by atoms with van der Waals surface area (Å²) in [6.07, 6.45) is 1.57. The second-order valence-corrected chi connectivity index (χ2v) is 7.26. The van der Waals surface area contributed by atoms with Crippen LogP contribution in [0.15, 0.2) is 52.0 Å². The lowest BCUT2D eigenvalue weighted by atomic mass is 10.0. The Bertz CT molecular complexity index is 1040. The fourth-order valence-electron chi connectivity index (χ4n) is 2.49. The lowest BCUT2D eigenvalue weighted by Crippen LogP contribution is -1.89. The molecule has 0 amide bonds. The summed E-state index contributed by atoms with van der Waals surface area (Å²) in [5.74, 6) is -0.388. The van der Waals surface area contributed by atoms with Crippen LogP contribution in [-0.4, -0.2) is 9.32 Å². The predicted molar refractivity (Wildman–Crippen MR) is 99.1 cm³/mol. The monoisotopic (exact) mass is 386 g/mol. The van der Waals surface area contributed by atoms with E-state index in [0.29, 0.717) is 26.5 Å². The van der Waals surface area contributed by atoms with Gasteiger partial charge in [0.25, 0.3) is 0 Å². The molecule has 0 bridgehead atoms. The Balaban J connectivity index is 2.29. The summed E-state index contributed by atoms with van der Waals surface area (Å²) in [5.41, 5.74) is 1.46. The third kappa shape index (κ3) is 2.94. The van der Waals surface area contributed by atoms with Crippen molar-refractivity contribution in [2.24, 2.45) is 0 Å². The minimum absolute atomic E-state index is 0.0572. The molecule has 0 radical (unpaired) electrons. The number of phenols is 1. The van der Waals surface area contributed by atoms with Gasteiger partial charge < -0.3 is 5.11 Å². The summed E-state index contributed by atoms with van der Waals surface area (Å²) in [6, 6.07) is 9.90. The van der Waals surface area contributed by atoms with Gasteiger partial charge in [0.05, 0.1) is 31.3 Å². The van der Waals surface area contributed by atoms with Crippen LogP contribution in [0.5, 0.6) is 5.75 Å². The maximum absolute atomic E-state index is 12.9. The molecule has 1 unspecified atom stereocenters. The van der Waals surface area contributed by atoms with Gasteiger partial charge in [-0.15, -0.1) is 0 Å². The summed E-state index contributed by atoms with van der Waals surface area (Å²) in [7, 11) is -1.54. The van der Waals surface area contributed by atoms with Gasteiger partial charge in [0.2, 0.25) is 0 Å². The maximum Gasteiger partial charge on any atom is 0.528 e. The van der Waals surface area contributed by atoms with Gasteiger partial charge in [-0.05, 0) is 35.4 Å². The Morgan fingerprint density at radius 1 is 1.12 bits per heavy atom. The fraction of sp³-hybridized carbons (Fsp3) is 0. The van der Waals surface area contributed by atoms with Crippen LogP contribution >= 0.6 is 23.2 Å². The highest BCUT2D eigenvalue weighted by molar-refractivity contribution is 7.90. The van der Waals surface area contributed by atoms with Gasteiger partial charge in [0.1, 0.15) is 13.1 Å². The van der Waals surface area contributed by atoms with Gasteiger partial charge >= 0.3 is 5.82 Å². The SMILES string of the molecule is [C-]#[N+]C([N+]#[C-])=C1C(=Cc2cc(Cl)c(O)c(Cl)c2)S(=O)c2ccccc21. The van der Waals surface area contributed by atoms with Crippen molar-refractivity contribution < 1.29 is 9.32 Å². The smallest absolute Gasteiger partial charge is 0.505 e. The van der Waals surface area contributed by atoms with Crippen molar-refractivity contribution in [3.8, 4) is 5.75 Å². The number of phenolic OH excluding ortho intramolecular Hbond substituents is 1. The van der Waals surface area contributed by atoms with E-state index in [1.807, 2.05) is 0 Å². The Labute approximate surface area is 156 Å². The van der Waals surface area contributed by atoms with Gasteiger partial charge in [-0.1, -0.05) is 41.4 Å². The number of fused-ring (bicyclic) bond motifs is 1. The van der Waals surface area contributed by atoms with Crippen LogP contribution in [0.1, 0.15) is 11.1 Å². The van der Waals surface area contributed by atoms with Crippen molar-refractivity contribution in [2.75, 3.05) is 0 Å². The molecular formula is C18H8Cl2N2O2S. The van der Waals surface area contributed by atoms with Gasteiger partial charge in [-0.25, -0.2) is 4.21 Å². The molecule has 2 aromatic rings. The highest BCUT2D eigenvalue weighted by Gasteiger charge is 2.34. The molecule has 1 N–H and O–H groups in total. The van der Waals surface area contributed by atoms with Crippen molar-refractivity contribution >= 4 is 45.7 Å². The van der Waals surface area contributed by atoms with Crippen molar-refractivity contribution in [3.05, 3.63) is 91.1 Å². The van der Waals surface area contributed by atoms with E-state index in [2.05, 4.69) is 9.69 Å². The zero-order valence-electron chi connectivity index (χ0n) is 12.5. The molecule has 3 rings (SSSR count). The van der Waals surface area contributed by atoms with Crippen LogP contribution in [0.4, 0.5) is 0 Å². The lowest BCUT2D eigenvalue weighted by Gasteiger charge is -2.03. The molecular weight excluding hydrogens is 379 g/mol. The molecule has 0 saturated carbocycles. The third-order valence-corrected chi connectivity index (χ3v) is 5.63. The zero-order valence-corrected chi connectivity index (χ0v) is 14.8. The Kier molecular flexibility index (Phi) is 4.65. The Morgan fingerprint density at radius 3 is 2.32 bits per heavy atom. The number of nitrogens with zero attached hydrogens (tertiary/aromatic N) is 2. The summed E-state index contributed by atoms with van der Waals surface area (Å²) in [6.45, 7) is 14.5. The van der Waals surface area contributed by atoms with E-state index in [1.54, 1.807) is 30.3 Å². The average Bonchev–Trinajstić information content (AvgIpc) is 2.87. The first-order valence-corrected chi connectivity index (χ1v) is 8.79. The van der Waals surface area contributed by atoms with Crippen molar-refractivity contribution in [1.29, 1.82) is 0 Å². The van der Waals surface area contributed by atoms with Crippen molar-refractivity contribution in [3.63, 3.8) is 0 Å². The molecule has 0 aromatic heterocycles. The van der Waals surface area contributed by atoms with Gasteiger partial charge in [-0.2, -0.15) is 9.69 Å². The van der Waals surface area contributed by atoms with Crippen LogP contribution in [-0.2, 0) is 10.8 Å². The van der Waals surface area contributed by atoms with Crippen LogP contribution < -0.4 is 0 Å². The quantitative estimate of drug-likeness (QED) is 0.669. The number of hydrogen-bond acceptors (Lipinski definition) is 2. The number of halogens is 2. The Morgan fingerprint density at radius 2 is 1.72 bits per heavy atom. The molecule has 25 heavy (non-hydrogen) atoms. The van der Waals surface area contributed by atoms with E-state index < -0.39 is 10.8 Å². The number of allylic oxidation sites excluding steroid dienone is 1. The van der Waals surface area contributed by atoms with Gasteiger partial charge in [-0.3, -0.25) is 0 Å². The maximum atomic E-state index is 12.9. The second kappa shape index (κ2) is 6.74. The average molecular weight is 387 g/mol. The van der Waals surface area contributed by atoms with E-state index in [-0.39, 0.29) is 21.6 Å². The normalized spacial score (nSPS) is 17.0. The number of aromatic hydroxyl groups is 1. The van der Waals surface area contributed by atoms with Gasteiger partial charge in [0, 0.05) is 4.91 Å². The Hall–Kier alpha value is -2.57. The highest BCUT2D eigenvalue weighted by Crippen LogP contribution is 2.44. The fourth-order valence-corrected chi connectivity index (χ4v) is 4.43. The van der Waals surface area contributed by atoms with Crippen LogP contribution in [0.2, 0.25) is 10.0 Å². The number of rotatable bonds is 1. The molecule has 1 atom stereocenters. The predicted octanol–water partition coefficient (Wildman–Crippen LogP) is 5.37. The van der Waals surface area contributed by atoms with Gasteiger partial charge in [0.15, 0.2) is 5.75 Å². The first-order chi connectivity index (χ1) is 12.0. The minimum Gasteiger partial charge on any atom is -0.505 e. The number of hydrogen-bond donors (Lipinski definition) is 1. The van der Waals surface area contributed by atoms with Crippen LogP contribution in [0.3, 0.4) is 0 Å². The number of benzene rings is 2. The molecule has 122 valence electrons. The topological polar surface area (TPSA) is 46.0 Å². The van der Waals surface area contributed by atoms with E-state index in [9.17, 15) is 9.32 Å². The van der Waals surface area contributed by atoms with Crippen LogP contribution in [0.25, 0.3) is 21.3 Å².